The number of anilines is 1. The fourth-order valence-electron chi connectivity index (χ4n) is 2.69. The van der Waals surface area contributed by atoms with Gasteiger partial charge in [-0.25, -0.2) is 9.59 Å². The zero-order chi connectivity index (χ0) is 20.7. The SMILES string of the molecule is CCOC(=O)N1CCSC1C(=O)N[C@@H](Cc1ccc(NC(C)=O)cc1)C(=O)O. The van der Waals surface area contributed by atoms with Crippen molar-refractivity contribution in [2.75, 3.05) is 24.2 Å². The molecule has 2 rings (SSSR count). The van der Waals surface area contributed by atoms with E-state index in [1.54, 1.807) is 31.2 Å². The quantitative estimate of drug-likeness (QED) is 0.620. The summed E-state index contributed by atoms with van der Waals surface area (Å²) in [5, 5.41) is 13.8. The Bertz CT molecular complexity index is 739. The molecule has 9 nitrogen and oxygen atoms in total. The maximum atomic E-state index is 12.6. The highest BCUT2D eigenvalue weighted by Gasteiger charge is 2.37. The summed E-state index contributed by atoms with van der Waals surface area (Å²) in [6.07, 6.45) is -0.522. The van der Waals surface area contributed by atoms with Crippen LogP contribution in [0, 0.1) is 0 Å². The van der Waals surface area contributed by atoms with Gasteiger partial charge >= 0.3 is 12.1 Å². The van der Waals surface area contributed by atoms with Crippen LogP contribution in [0.2, 0.25) is 0 Å². The first-order chi connectivity index (χ1) is 13.3. The van der Waals surface area contributed by atoms with Crippen LogP contribution in [0.25, 0.3) is 0 Å². The molecule has 1 heterocycles. The van der Waals surface area contributed by atoms with Gasteiger partial charge in [-0.15, -0.1) is 11.8 Å². The Kier molecular flexibility index (Phi) is 7.68. The number of carbonyl (C=O) groups excluding carboxylic acids is 3. The van der Waals surface area contributed by atoms with Crippen LogP contribution in [-0.4, -0.2) is 64.2 Å². The molecule has 1 unspecified atom stereocenters. The van der Waals surface area contributed by atoms with Gasteiger partial charge in [-0.2, -0.15) is 0 Å². The van der Waals surface area contributed by atoms with E-state index in [4.69, 9.17) is 4.74 Å². The number of benzene rings is 1. The molecule has 1 aromatic carbocycles. The Hall–Kier alpha value is -2.75. The summed E-state index contributed by atoms with van der Waals surface area (Å²) in [5.74, 6) is -1.36. The van der Waals surface area contributed by atoms with E-state index in [0.717, 1.165) is 0 Å². The van der Waals surface area contributed by atoms with Gasteiger partial charge in [0.25, 0.3) is 5.91 Å². The highest BCUT2D eigenvalue weighted by Crippen LogP contribution is 2.25. The fraction of sp³-hybridized carbons (Fsp3) is 0.444. The molecule has 0 radical (unpaired) electrons. The smallest absolute Gasteiger partial charge is 0.411 e. The molecule has 1 aliphatic rings. The number of hydrogen-bond donors (Lipinski definition) is 3. The van der Waals surface area contributed by atoms with Crippen molar-refractivity contribution in [3.05, 3.63) is 29.8 Å². The number of amides is 3. The lowest BCUT2D eigenvalue weighted by Gasteiger charge is -2.24. The van der Waals surface area contributed by atoms with Crippen molar-refractivity contribution >= 4 is 41.3 Å². The second-order valence-electron chi connectivity index (χ2n) is 6.10. The van der Waals surface area contributed by atoms with Gasteiger partial charge in [-0.1, -0.05) is 12.1 Å². The molecule has 3 amide bonds. The van der Waals surface area contributed by atoms with Crippen LogP contribution in [0.5, 0.6) is 0 Å². The lowest BCUT2D eigenvalue weighted by atomic mass is 10.1. The largest absolute Gasteiger partial charge is 0.480 e. The molecule has 1 aliphatic heterocycles. The lowest BCUT2D eigenvalue weighted by molar-refractivity contribution is -0.142. The van der Waals surface area contributed by atoms with Gasteiger partial charge in [0.05, 0.1) is 6.61 Å². The zero-order valence-corrected chi connectivity index (χ0v) is 16.5. The van der Waals surface area contributed by atoms with E-state index in [1.165, 1.54) is 23.6 Å². The first-order valence-electron chi connectivity index (χ1n) is 8.76. The summed E-state index contributed by atoms with van der Waals surface area (Å²) in [7, 11) is 0. The standard InChI is InChI=1S/C18H23N3O6S/c1-3-27-18(26)21-8-9-28-16(21)15(23)20-14(17(24)25)10-12-4-6-13(7-5-12)19-11(2)22/h4-7,14,16H,3,8-10H2,1-2H3,(H,19,22)(H,20,23)(H,24,25)/t14-,16?/m0/s1. The van der Waals surface area contributed by atoms with Crippen molar-refractivity contribution in [3.8, 4) is 0 Å². The minimum absolute atomic E-state index is 0.0677. The Balaban J connectivity index is 2.02. The first kappa shape index (κ1) is 21.5. The van der Waals surface area contributed by atoms with E-state index in [0.29, 0.717) is 23.5 Å². The maximum absolute atomic E-state index is 12.6. The fourth-order valence-corrected chi connectivity index (χ4v) is 3.80. The highest BCUT2D eigenvalue weighted by molar-refractivity contribution is 8.00. The molecule has 1 fully saturated rings. The van der Waals surface area contributed by atoms with Gasteiger partial charge in [0.1, 0.15) is 6.04 Å². The maximum Gasteiger partial charge on any atom is 0.411 e. The molecule has 0 bridgehead atoms. The predicted molar refractivity (Wildman–Crippen MR) is 104 cm³/mol. The van der Waals surface area contributed by atoms with Crippen molar-refractivity contribution in [1.29, 1.82) is 0 Å². The Morgan fingerprint density at radius 3 is 2.54 bits per heavy atom. The Morgan fingerprint density at radius 1 is 1.29 bits per heavy atom. The van der Waals surface area contributed by atoms with Crippen LogP contribution in [0.15, 0.2) is 24.3 Å². The second-order valence-corrected chi connectivity index (χ2v) is 7.29. The van der Waals surface area contributed by atoms with Crippen molar-refractivity contribution in [2.45, 2.75) is 31.7 Å². The number of thioether (sulfide) groups is 1. The minimum atomic E-state index is -1.18. The Labute approximate surface area is 166 Å². The van der Waals surface area contributed by atoms with Crippen LogP contribution in [-0.2, 0) is 25.5 Å². The molecule has 152 valence electrons. The molecular formula is C18H23N3O6S. The third-order valence-corrected chi connectivity index (χ3v) is 5.15. The first-order valence-corrected chi connectivity index (χ1v) is 9.81. The van der Waals surface area contributed by atoms with Gasteiger partial charge in [0.15, 0.2) is 5.37 Å². The second kappa shape index (κ2) is 9.98. The minimum Gasteiger partial charge on any atom is -0.480 e. The summed E-state index contributed by atoms with van der Waals surface area (Å²) in [6.45, 7) is 3.63. The number of carboxylic acids is 1. The molecule has 0 aliphatic carbocycles. The number of nitrogens with zero attached hydrogens (tertiary/aromatic N) is 1. The molecule has 10 heteroatoms. The van der Waals surface area contributed by atoms with Crippen molar-refractivity contribution in [3.63, 3.8) is 0 Å². The van der Waals surface area contributed by atoms with Crippen LogP contribution in [0.4, 0.5) is 10.5 Å². The summed E-state index contributed by atoms with van der Waals surface area (Å²) >= 11 is 1.26. The van der Waals surface area contributed by atoms with E-state index in [9.17, 15) is 24.3 Å². The molecule has 0 aromatic heterocycles. The van der Waals surface area contributed by atoms with Gasteiger partial charge in [-0.05, 0) is 24.6 Å². The summed E-state index contributed by atoms with van der Waals surface area (Å²) in [6, 6.07) is 5.54. The average molecular weight is 409 g/mol. The average Bonchev–Trinajstić information content (AvgIpc) is 3.12. The summed E-state index contributed by atoms with van der Waals surface area (Å²) in [4.78, 5) is 48.4. The van der Waals surface area contributed by atoms with Crippen LogP contribution in [0.3, 0.4) is 0 Å². The number of ether oxygens (including phenoxy) is 1. The number of hydrogen-bond acceptors (Lipinski definition) is 6. The van der Waals surface area contributed by atoms with E-state index in [-0.39, 0.29) is 18.9 Å². The van der Waals surface area contributed by atoms with Gasteiger partial charge in [0, 0.05) is 31.3 Å². The van der Waals surface area contributed by atoms with Gasteiger partial charge in [-0.3, -0.25) is 14.5 Å². The summed E-state index contributed by atoms with van der Waals surface area (Å²) < 4.78 is 4.94. The highest BCUT2D eigenvalue weighted by atomic mass is 32.2. The molecule has 1 saturated heterocycles. The number of nitrogens with one attached hydrogen (secondary N) is 2. The molecule has 3 N–H and O–H groups in total. The van der Waals surface area contributed by atoms with Crippen molar-refractivity contribution < 1.29 is 29.0 Å². The van der Waals surface area contributed by atoms with E-state index >= 15 is 0 Å². The Morgan fingerprint density at radius 2 is 1.96 bits per heavy atom. The third-order valence-electron chi connectivity index (χ3n) is 3.95. The monoisotopic (exact) mass is 409 g/mol. The molecule has 28 heavy (non-hydrogen) atoms. The normalized spacial score (nSPS) is 16.9. The number of carbonyl (C=O) groups is 4. The third kappa shape index (κ3) is 5.88. The lowest BCUT2D eigenvalue weighted by Crippen LogP contribution is -2.50. The predicted octanol–water partition coefficient (Wildman–Crippen LogP) is 1.29. The number of carboxylic acid groups (broad SMARTS) is 1. The zero-order valence-electron chi connectivity index (χ0n) is 15.6. The topological polar surface area (TPSA) is 125 Å². The molecule has 0 spiro atoms. The van der Waals surface area contributed by atoms with E-state index in [1.807, 2.05) is 0 Å². The molecular weight excluding hydrogens is 386 g/mol. The van der Waals surface area contributed by atoms with Crippen LogP contribution >= 0.6 is 11.8 Å². The van der Waals surface area contributed by atoms with Crippen LogP contribution in [0.1, 0.15) is 19.4 Å². The van der Waals surface area contributed by atoms with Crippen molar-refractivity contribution in [1.82, 2.24) is 10.2 Å². The molecule has 0 saturated carbocycles. The van der Waals surface area contributed by atoms with Gasteiger partial charge in [0.2, 0.25) is 5.91 Å². The molecule has 1 aromatic rings. The number of rotatable bonds is 7. The van der Waals surface area contributed by atoms with E-state index < -0.39 is 29.4 Å². The van der Waals surface area contributed by atoms with Gasteiger partial charge < -0.3 is 20.5 Å². The van der Waals surface area contributed by atoms with E-state index in [2.05, 4.69) is 10.6 Å². The number of aliphatic carboxylic acids is 1. The summed E-state index contributed by atoms with van der Waals surface area (Å²) in [5.41, 5.74) is 1.28. The molecule has 2 atom stereocenters. The van der Waals surface area contributed by atoms with Crippen molar-refractivity contribution in [2.24, 2.45) is 0 Å². The van der Waals surface area contributed by atoms with Crippen LogP contribution < -0.4 is 10.6 Å².